The minimum absolute atomic E-state index is 0.0797. The first kappa shape index (κ1) is 14.1. The van der Waals surface area contributed by atoms with Crippen molar-refractivity contribution in [2.45, 2.75) is 38.1 Å². The van der Waals surface area contributed by atoms with Gasteiger partial charge in [0.25, 0.3) is 0 Å². The number of carbonyl (C=O) groups is 1. The molecule has 1 aromatic rings. The number of carbonyl (C=O) groups excluding carboxylic acids is 1. The Morgan fingerprint density at radius 1 is 1.37 bits per heavy atom. The Labute approximate surface area is 115 Å². The van der Waals surface area contributed by atoms with Gasteiger partial charge in [0, 0.05) is 0 Å². The molecule has 0 amide bonds. The Morgan fingerprint density at radius 3 is 2.74 bits per heavy atom. The number of benzene rings is 1. The molecule has 0 saturated carbocycles. The number of hydrogen-bond donors (Lipinski definition) is 0. The number of methoxy groups -OCH3 is 1. The van der Waals surface area contributed by atoms with Gasteiger partial charge in [0.05, 0.1) is 7.11 Å². The maximum absolute atomic E-state index is 12.0. The summed E-state index contributed by atoms with van der Waals surface area (Å²) < 4.78 is 4.97. The lowest BCUT2D eigenvalue weighted by Crippen LogP contribution is -2.47. The highest BCUT2D eigenvalue weighted by Crippen LogP contribution is 2.32. The van der Waals surface area contributed by atoms with Crippen LogP contribution in [0.25, 0.3) is 0 Å². The van der Waals surface area contributed by atoms with Gasteiger partial charge < -0.3 is 4.74 Å². The van der Waals surface area contributed by atoms with E-state index >= 15 is 0 Å². The largest absolute Gasteiger partial charge is 0.468 e. The number of nitrogens with zero attached hydrogens (tertiary/aromatic N) is 1. The van der Waals surface area contributed by atoms with Crippen LogP contribution >= 0.6 is 0 Å². The minimum atomic E-state index is -0.0888. The second-order valence-corrected chi connectivity index (χ2v) is 5.21. The van der Waals surface area contributed by atoms with Crippen LogP contribution in [0.1, 0.15) is 37.7 Å². The molecule has 0 bridgehead atoms. The summed E-state index contributed by atoms with van der Waals surface area (Å²) in [5.41, 5.74) is 1.34. The van der Waals surface area contributed by atoms with Crippen molar-refractivity contribution in [2.24, 2.45) is 0 Å². The average Bonchev–Trinajstić information content (AvgIpc) is 2.48. The maximum Gasteiger partial charge on any atom is 0.323 e. The quantitative estimate of drug-likeness (QED) is 0.781. The molecule has 1 aliphatic heterocycles. The van der Waals surface area contributed by atoms with Crippen molar-refractivity contribution in [3.8, 4) is 0 Å². The molecular formula is C16H23NO2. The Kier molecular flexibility index (Phi) is 4.97. The number of rotatable bonds is 4. The van der Waals surface area contributed by atoms with Crippen molar-refractivity contribution in [2.75, 3.05) is 20.2 Å². The van der Waals surface area contributed by atoms with Crippen LogP contribution < -0.4 is 0 Å². The van der Waals surface area contributed by atoms with Gasteiger partial charge in [-0.05, 0) is 43.8 Å². The lowest BCUT2D eigenvalue weighted by Gasteiger charge is -2.37. The van der Waals surface area contributed by atoms with Crippen LogP contribution in [0.4, 0.5) is 0 Å². The van der Waals surface area contributed by atoms with Crippen LogP contribution in [0, 0.1) is 0 Å². The summed E-state index contributed by atoms with van der Waals surface area (Å²) in [4.78, 5) is 14.2. The first-order valence-electron chi connectivity index (χ1n) is 7.13. The summed E-state index contributed by atoms with van der Waals surface area (Å²) in [6.07, 6.45) is 3.07. The van der Waals surface area contributed by atoms with Gasteiger partial charge in [-0.2, -0.15) is 0 Å². The van der Waals surface area contributed by atoms with Crippen molar-refractivity contribution >= 4 is 5.97 Å². The van der Waals surface area contributed by atoms with Gasteiger partial charge in [-0.3, -0.25) is 9.69 Å². The van der Waals surface area contributed by atoms with Crippen molar-refractivity contribution in [3.05, 3.63) is 35.9 Å². The second-order valence-electron chi connectivity index (χ2n) is 5.21. The van der Waals surface area contributed by atoms with Gasteiger partial charge in [0.2, 0.25) is 0 Å². The monoisotopic (exact) mass is 261 g/mol. The summed E-state index contributed by atoms with van der Waals surface area (Å²) in [5, 5.41) is 0. The molecule has 0 N–H and O–H groups in total. The van der Waals surface area contributed by atoms with Crippen LogP contribution in [0.15, 0.2) is 30.3 Å². The molecule has 2 rings (SSSR count). The third-order valence-electron chi connectivity index (χ3n) is 3.97. The Morgan fingerprint density at radius 2 is 2.11 bits per heavy atom. The van der Waals surface area contributed by atoms with Crippen LogP contribution in [0.5, 0.6) is 0 Å². The summed E-state index contributed by atoms with van der Waals surface area (Å²) in [5.74, 6) is 0.382. The molecular weight excluding hydrogens is 238 g/mol. The number of esters is 1. The highest BCUT2D eigenvalue weighted by Gasteiger charge is 2.34. The average molecular weight is 261 g/mol. The number of hydrogen-bond acceptors (Lipinski definition) is 3. The van der Waals surface area contributed by atoms with Gasteiger partial charge in [-0.25, -0.2) is 0 Å². The Hall–Kier alpha value is -1.35. The lowest BCUT2D eigenvalue weighted by atomic mass is 9.85. The lowest BCUT2D eigenvalue weighted by molar-refractivity contribution is -0.148. The zero-order chi connectivity index (χ0) is 13.7. The van der Waals surface area contributed by atoms with E-state index in [0.717, 1.165) is 32.4 Å². The van der Waals surface area contributed by atoms with Crippen molar-refractivity contribution in [3.63, 3.8) is 0 Å². The normalized spacial score (nSPS) is 24.1. The van der Waals surface area contributed by atoms with E-state index in [0.29, 0.717) is 5.92 Å². The minimum Gasteiger partial charge on any atom is -0.468 e. The molecule has 3 nitrogen and oxygen atoms in total. The van der Waals surface area contributed by atoms with E-state index in [2.05, 4.69) is 36.1 Å². The summed E-state index contributed by atoms with van der Waals surface area (Å²) in [6.45, 7) is 4.10. The summed E-state index contributed by atoms with van der Waals surface area (Å²) in [7, 11) is 1.48. The highest BCUT2D eigenvalue weighted by atomic mass is 16.5. The molecule has 0 aliphatic carbocycles. The molecule has 0 aromatic heterocycles. The van der Waals surface area contributed by atoms with Gasteiger partial charge in [-0.1, -0.05) is 37.3 Å². The standard InChI is InChI=1S/C16H23NO2/c1-3-10-17-11-9-14(12-15(17)16(18)19-2)13-7-5-4-6-8-13/h4-8,14-15H,3,9-12H2,1-2H3. The first-order valence-corrected chi connectivity index (χ1v) is 7.13. The van der Waals surface area contributed by atoms with E-state index in [1.54, 1.807) is 0 Å². The summed E-state index contributed by atoms with van der Waals surface area (Å²) >= 11 is 0. The van der Waals surface area contributed by atoms with Crippen molar-refractivity contribution in [1.82, 2.24) is 4.90 Å². The predicted octanol–water partition coefficient (Wildman–Crippen LogP) is 2.82. The Bertz CT molecular complexity index is 404. The third kappa shape index (κ3) is 3.35. The zero-order valence-corrected chi connectivity index (χ0v) is 11.8. The SMILES string of the molecule is CCCN1CCC(c2ccccc2)CC1C(=O)OC. The first-order chi connectivity index (χ1) is 9.26. The van der Waals surface area contributed by atoms with E-state index < -0.39 is 0 Å². The van der Waals surface area contributed by atoms with E-state index in [1.165, 1.54) is 12.7 Å². The van der Waals surface area contributed by atoms with E-state index in [4.69, 9.17) is 4.74 Å². The maximum atomic E-state index is 12.0. The zero-order valence-electron chi connectivity index (χ0n) is 11.8. The molecule has 2 atom stereocenters. The molecule has 1 fully saturated rings. The van der Waals surface area contributed by atoms with Crippen molar-refractivity contribution < 1.29 is 9.53 Å². The van der Waals surface area contributed by atoms with Crippen LogP contribution in [0.3, 0.4) is 0 Å². The van der Waals surface area contributed by atoms with Crippen LogP contribution in [0.2, 0.25) is 0 Å². The van der Waals surface area contributed by atoms with Gasteiger partial charge in [0.1, 0.15) is 6.04 Å². The fourth-order valence-electron chi connectivity index (χ4n) is 2.98. The molecule has 3 heteroatoms. The van der Waals surface area contributed by atoms with Crippen molar-refractivity contribution in [1.29, 1.82) is 0 Å². The molecule has 1 aliphatic rings. The molecule has 0 radical (unpaired) electrons. The molecule has 1 aromatic carbocycles. The smallest absolute Gasteiger partial charge is 0.323 e. The molecule has 19 heavy (non-hydrogen) atoms. The molecule has 2 unspecified atom stereocenters. The van der Waals surface area contributed by atoms with Gasteiger partial charge in [-0.15, -0.1) is 0 Å². The number of piperidine rings is 1. The van der Waals surface area contributed by atoms with E-state index in [9.17, 15) is 4.79 Å². The van der Waals surface area contributed by atoms with Crippen LogP contribution in [-0.4, -0.2) is 37.1 Å². The predicted molar refractivity (Wildman–Crippen MR) is 76.1 cm³/mol. The fourth-order valence-corrected chi connectivity index (χ4v) is 2.98. The second kappa shape index (κ2) is 6.71. The topological polar surface area (TPSA) is 29.5 Å². The van der Waals surface area contributed by atoms with E-state index in [-0.39, 0.29) is 12.0 Å². The highest BCUT2D eigenvalue weighted by molar-refractivity contribution is 5.76. The third-order valence-corrected chi connectivity index (χ3v) is 3.97. The molecule has 104 valence electrons. The number of ether oxygens (including phenoxy) is 1. The fraction of sp³-hybridized carbons (Fsp3) is 0.562. The molecule has 0 spiro atoms. The van der Waals surface area contributed by atoms with Crippen LogP contribution in [-0.2, 0) is 9.53 Å². The van der Waals surface area contributed by atoms with Gasteiger partial charge in [0.15, 0.2) is 0 Å². The Balaban J connectivity index is 2.10. The van der Waals surface area contributed by atoms with E-state index in [1.807, 2.05) is 6.07 Å². The number of likely N-dealkylation sites (tertiary alicyclic amines) is 1. The molecule has 1 saturated heterocycles. The summed E-state index contributed by atoms with van der Waals surface area (Å²) in [6, 6.07) is 10.4. The molecule has 1 heterocycles. The van der Waals surface area contributed by atoms with Gasteiger partial charge >= 0.3 is 5.97 Å².